The average Bonchev–Trinajstić information content (AvgIpc) is 3.05. The highest BCUT2D eigenvalue weighted by atomic mass is 19.3. The fourth-order valence-electron chi connectivity index (χ4n) is 4.52. The molecular formula is C21H22F2N6O3. The molecule has 1 saturated carbocycles. The predicted molar refractivity (Wildman–Crippen MR) is 109 cm³/mol. The lowest BCUT2D eigenvalue weighted by Crippen LogP contribution is -2.64. The van der Waals surface area contributed by atoms with Gasteiger partial charge in [-0.1, -0.05) is 5.16 Å². The molecule has 1 spiro atoms. The second-order valence-electron chi connectivity index (χ2n) is 8.62. The summed E-state index contributed by atoms with van der Waals surface area (Å²) in [6, 6.07) is 5.18. The summed E-state index contributed by atoms with van der Waals surface area (Å²) in [7, 11) is 0. The summed E-state index contributed by atoms with van der Waals surface area (Å²) in [5.41, 5.74) is 3.08. The van der Waals surface area contributed by atoms with Crippen LogP contribution in [0.15, 0.2) is 33.7 Å². The number of hydrogen-bond acceptors (Lipinski definition) is 8. The van der Waals surface area contributed by atoms with E-state index in [2.05, 4.69) is 25.2 Å². The SMILES string of the molecule is Cc1ccc(-c2noc(C)c2Cn2ncc(N3CC4(CC(OC(F)F)C4)C3)cc2=O)nn1. The molecule has 0 amide bonds. The fourth-order valence-corrected chi connectivity index (χ4v) is 4.52. The van der Waals surface area contributed by atoms with Gasteiger partial charge in [0.2, 0.25) is 0 Å². The average molecular weight is 444 g/mol. The number of ether oxygens (including phenoxy) is 1. The highest BCUT2D eigenvalue weighted by Gasteiger charge is 2.53. The van der Waals surface area contributed by atoms with Crippen molar-refractivity contribution in [2.75, 3.05) is 18.0 Å². The summed E-state index contributed by atoms with van der Waals surface area (Å²) in [5.74, 6) is 0.579. The number of halogens is 2. The van der Waals surface area contributed by atoms with Crippen LogP contribution in [-0.2, 0) is 11.3 Å². The lowest BCUT2D eigenvalue weighted by molar-refractivity contribution is -0.211. The number of nitrogens with zero attached hydrogens (tertiary/aromatic N) is 6. The van der Waals surface area contributed by atoms with Gasteiger partial charge in [0.25, 0.3) is 5.56 Å². The van der Waals surface area contributed by atoms with Gasteiger partial charge in [-0.3, -0.25) is 4.79 Å². The van der Waals surface area contributed by atoms with Gasteiger partial charge in [-0.25, -0.2) is 4.68 Å². The first-order valence-corrected chi connectivity index (χ1v) is 10.3. The summed E-state index contributed by atoms with van der Waals surface area (Å²) < 4.78 is 35.9. The second kappa shape index (κ2) is 7.73. The second-order valence-corrected chi connectivity index (χ2v) is 8.62. The number of anilines is 1. The topological polar surface area (TPSA) is 99.2 Å². The van der Waals surface area contributed by atoms with E-state index in [0.717, 1.165) is 11.4 Å². The van der Waals surface area contributed by atoms with E-state index in [4.69, 9.17) is 4.52 Å². The van der Waals surface area contributed by atoms with Gasteiger partial charge >= 0.3 is 6.61 Å². The first kappa shape index (κ1) is 20.7. The van der Waals surface area contributed by atoms with Gasteiger partial charge in [0.15, 0.2) is 0 Å². The molecule has 3 aromatic heterocycles. The summed E-state index contributed by atoms with van der Waals surface area (Å²) >= 11 is 0. The Morgan fingerprint density at radius 3 is 2.69 bits per heavy atom. The molecule has 0 bridgehead atoms. The molecule has 4 heterocycles. The number of alkyl halides is 2. The Balaban J connectivity index is 1.27. The minimum atomic E-state index is -2.72. The Morgan fingerprint density at radius 1 is 1.25 bits per heavy atom. The Labute approximate surface area is 182 Å². The van der Waals surface area contributed by atoms with Crippen molar-refractivity contribution in [3.05, 3.63) is 51.8 Å². The molecule has 32 heavy (non-hydrogen) atoms. The van der Waals surface area contributed by atoms with E-state index in [0.29, 0.717) is 48.6 Å². The van der Waals surface area contributed by atoms with E-state index < -0.39 is 6.61 Å². The summed E-state index contributed by atoms with van der Waals surface area (Å²) in [5, 5.41) is 16.6. The number of aromatic nitrogens is 5. The standard InChI is InChI=1S/C21H22F2N6O3/c1-12-3-4-17(26-25-12)19-16(13(2)32-27-19)9-29-18(30)5-14(8-24-29)28-10-21(11-28)6-15(7-21)31-20(22)23/h3-5,8,15,20H,6-7,9-11H2,1-2H3. The van der Waals surface area contributed by atoms with Crippen LogP contribution in [0.2, 0.25) is 0 Å². The van der Waals surface area contributed by atoms with E-state index in [1.807, 2.05) is 17.9 Å². The van der Waals surface area contributed by atoms with Crippen LogP contribution in [0.5, 0.6) is 0 Å². The first-order valence-electron chi connectivity index (χ1n) is 10.3. The van der Waals surface area contributed by atoms with E-state index in [1.54, 1.807) is 25.3 Å². The summed E-state index contributed by atoms with van der Waals surface area (Å²) in [6.07, 6.45) is 2.52. The highest BCUT2D eigenvalue weighted by Crippen LogP contribution is 2.50. The summed E-state index contributed by atoms with van der Waals surface area (Å²) in [4.78, 5) is 14.8. The molecule has 0 aromatic carbocycles. The Kier molecular flexibility index (Phi) is 5.00. The van der Waals surface area contributed by atoms with E-state index in [9.17, 15) is 13.6 Å². The minimum absolute atomic E-state index is 0.0119. The Hall–Kier alpha value is -3.21. The Bertz CT molecular complexity index is 1180. The van der Waals surface area contributed by atoms with Gasteiger partial charge in [-0.15, -0.1) is 5.10 Å². The van der Waals surface area contributed by atoms with Gasteiger partial charge in [0, 0.05) is 30.1 Å². The largest absolute Gasteiger partial charge is 0.369 e. The molecule has 168 valence electrons. The maximum atomic E-state index is 12.7. The Morgan fingerprint density at radius 2 is 2.03 bits per heavy atom. The zero-order chi connectivity index (χ0) is 22.5. The van der Waals surface area contributed by atoms with Gasteiger partial charge in [-0.05, 0) is 38.8 Å². The molecule has 2 fully saturated rings. The van der Waals surface area contributed by atoms with Crippen LogP contribution >= 0.6 is 0 Å². The van der Waals surface area contributed by atoms with Crippen LogP contribution in [0.1, 0.15) is 29.9 Å². The number of rotatable bonds is 6. The van der Waals surface area contributed by atoms with Crippen molar-refractivity contribution >= 4 is 5.69 Å². The lowest BCUT2D eigenvalue weighted by atomic mass is 9.61. The van der Waals surface area contributed by atoms with Crippen LogP contribution in [-0.4, -0.2) is 50.9 Å². The third-order valence-corrected chi connectivity index (χ3v) is 6.22. The molecule has 2 aliphatic rings. The minimum Gasteiger partial charge on any atom is -0.369 e. The van der Waals surface area contributed by atoms with Gasteiger partial charge in [-0.2, -0.15) is 19.0 Å². The van der Waals surface area contributed by atoms with Gasteiger partial charge in [0.1, 0.15) is 17.1 Å². The maximum absolute atomic E-state index is 12.7. The highest BCUT2D eigenvalue weighted by molar-refractivity contribution is 5.58. The molecule has 0 N–H and O–H groups in total. The molecule has 3 aromatic rings. The van der Waals surface area contributed by atoms with Crippen LogP contribution in [0.3, 0.4) is 0 Å². The molecule has 0 unspecified atom stereocenters. The predicted octanol–water partition coefficient (Wildman–Crippen LogP) is 2.56. The van der Waals surface area contributed by atoms with Crippen molar-refractivity contribution in [2.24, 2.45) is 5.41 Å². The van der Waals surface area contributed by atoms with E-state index >= 15 is 0 Å². The first-order chi connectivity index (χ1) is 15.3. The van der Waals surface area contributed by atoms with Crippen molar-refractivity contribution in [3.63, 3.8) is 0 Å². The van der Waals surface area contributed by atoms with Crippen molar-refractivity contribution in [2.45, 2.75) is 45.9 Å². The normalized spacial score (nSPS) is 17.6. The third-order valence-electron chi connectivity index (χ3n) is 6.22. The zero-order valence-electron chi connectivity index (χ0n) is 17.7. The van der Waals surface area contributed by atoms with Crippen LogP contribution in [0, 0.1) is 19.3 Å². The zero-order valence-corrected chi connectivity index (χ0v) is 17.7. The number of aryl methyl sites for hydroxylation is 2. The van der Waals surface area contributed by atoms with Gasteiger partial charge in [0.05, 0.1) is 30.2 Å². The van der Waals surface area contributed by atoms with Crippen molar-refractivity contribution in [1.29, 1.82) is 0 Å². The van der Waals surface area contributed by atoms with Crippen molar-refractivity contribution in [1.82, 2.24) is 25.1 Å². The van der Waals surface area contributed by atoms with Crippen LogP contribution in [0.25, 0.3) is 11.4 Å². The molecule has 11 heteroatoms. The fraction of sp³-hybridized carbons (Fsp3) is 0.476. The lowest BCUT2D eigenvalue weighted by Gasteiger charge is -2.59. The van der Waals surface area contributed by atoms with Crippen molar-refractivity contribution in [3.8, 4) is 11.4 Å². The number of hydrogen-bond donors (Lipinski definition) is 0. The van der Waals surface area contributed by atoms with Crippen LogP contribution < -0.4 is 10.5 Å². The quantitative estimate of drug-likeness (QED) is 0.572. The molecule has 0 atom stereocenters. The maximum Gasteiger partial charge on any atom is 0.345 e. The summed E-state index contributed by atoms with van der Waals surface area (Å²) in [6.45, 7) is 2.51. The monoisotopic (exact) mass is 444 g/mol. The van der Waals surface area contributed by atoms with Crippen molar-refractivity contribution < 1.29 is 18.0 Å². The molecule has 9 nitrogen and oxygen atoms in total. The molecule has 1 aliphatic carbocycles. The molecule has 1 saturated heterocycles. The van der Waals surface area contributed by atoms with E-state index in [1.165, 1.54) is 4.68 Å². The molecule has 5 rings (SSSR count). The third kappa shape index (κ3) is 3.77. The molecular weight excluding hydrogens is 422 g/mol. The van der Waals surface area contributed by atoms with Gasteiger partial charge < -0.3 is 14.2 Å². The van der Waals surface area contributed by atoms with E-state index in [-0.39, 0.29) is 23.6 Å². The molecule has 1 aliphatic heterocycles. The van der Waals surface area contributed by atoms with Crippen LogP contribution in [0.4, 0.5) is 14.5 Å². The molecule has 0 radical (unpaired) electrons. The smallest absolute Gasteiger partial charge is 0.345 e.